The minimum atomic E-state index is -0.542. The summed E-state index contributed by atoms with van der Waals surface area (Å²) in [6.45, 7) is 6.69. The first-order chi connectivity index (χ1) is 20.0. The molecule has 0 bridgehead atoms. The van der Waals surface area contributed by atoms with Gasteiger partial charge in [0.2, 0.25) is 5.95 Å². The molecule has 12 nitrogen and oxygen atoms in total. The first-order valence-electron chi connectivity index (χ1n) is 14.6. The van der Waals surface area contributed by atoms with Crippen molar-refractivity contribution in [1.29, 1.82) is 0 Å². The van der Waals surface area contributed by atoms with Crippen LogP contribution >= 0.6 is 0 Å². The van der Waals surface area contributed by atoms with Gasteiger partial charge in [0, 0.05) is 68.9 Å². The summed E-state index contributed by atoms with van der Waals surface area (Å²) >= 11 is 0. The number of hydrogen-bond acceptors (Lipinski definition) is 8. The SMILES string of the molecule is CN(C)C(=O)c1cc2cnc(Nc3ccc(C(=O)N4C[C@@H]5C(NC(=O)OC(C)(C)C)[C@@H]5C4)cn3)nc2n1C1CCCC1. The second-order valence-electron chi connectivity index (χ2n) is 12.8. The Hall–Kier alpha value is -4.22. The minimum Gasteiger partial charge on any atom is -0.444 e. The van der Waals surface area contributed by atoms with Crippen LogP contribution in [0.15, 0.2) is 30.6 Å². The third-order valence-corrected chi connectivity index (χ3v) is 8.31. The Labute approximate surface area is 244 Å². The second kappa shape index (κ2) is 10.6. The van der Waals surface area contributed by atoms with Crippen molar-refractivity contribution in [1.82, 2.24) is 34.6 Å². The van der Waals surface area contributed by atoms with E-state index in [0.29, 0.717) is 36.1 Å². The van der Waals surface area contributed by atoms with Crippen molar-refractivity contribution in [3.05, 3.63) is 41.9 Å². The number of amides is 3. The lowest BCUT2D eigenvalue weighted by atomic mass is 10.2. The lowest BCUT2D eigenvalue weighted by Crippen LogP contribution is -2.39. The lowest BCUT2D eigenvalue weighted by Gasteiger charge is -2.22. The van der Waals surface area contributed by atoms with Crippen LogP contribution in [-0.4, -0.2) is 86.1 Å². The van der Waals surface area contributed by atoms with E-state index in [2.05, 4.69) is 25.2 Å². The first-order valence-corrected chi connectivity index (χ1v) is 14.6. The molecule has 3 atom stereocenters. The van der Waals surface area contributed by atoms with E-state index in [9.17, 15) is 14.4 Å². The van der Waals surface area contributed by atoms with E-state index < -0.39 is 11.7 Å². The number of fused-ring (bicyclic) bond motifs is 2. The molecule has 1 unspecified atom stereocenters. The largest absolute Gasteiger partial charge is 0.444 e. The monoisotopic (exact) mass is 574 g/mol. The molecule has 222 valence electrons. The summed E-state index contributed by atoms with van der Waals surface area (Å²) in [6, 6.07) is 5.63. The smallest absolute Gasteiger partial charge is 0.407 e. The molecule has 3 aromatic heterocycles. The van der Waals surface area contributed by atoms with Gasteiger partial charge >= 0.3 is 6.09 Å². The molecule has 4 heterocycles. The van der Waals surface area contributed by atoms with Crippen molar-refractivity contribution in [2.75, 3.05) is 32.5 Å². The summed E-state index contributed by atoms with van der Waals surface area (Å²) in [5, 5.41) is 6.90. The molecule has 2 N–H and O–H groups in total. The van der Waals surface area contributed by atoms with Gasteiger partial charge in [0.15, 0.2) is 0 Å². The molecule has 12 heteroatoms. The minimum absolute atomic E-state index is 0.0535. The fraction of sp³-hybridized carbons (Fsp3) is 0.533. The highest BCUT2D eigenvalue weighted by atomic mass is 16.6. The Morgan fingerprint density at radius 2 is 1.74 bits per heavy atom. The first kappa shape index (κ1) is 27.9. The summed E-state index contributed by atoms with van der Waals surface area (Å²) in [5.74, 6) is 1.25. The predicted octanol–water partition coefficient (Wildman–Crippen LogP) is 3.98. The number of likely N-dealkylation sites (tertiary alicyclic amines) is 1. The number of carbonyl (C=O) groups excluding carboxylic acids is 3. The molecule has 6 rings (SSSR count). The summed E-state index contributed by atoms with van der Waals surface area (Å²) in [6.07, 6.45) is 7.16. The highest BCUT2D eigenvalue weighted by Crippen LogP contribution is 2.46. The van der Waals surface area contributed by atoms with Crippen molar-refractivity contribution < 1.29 is 19.1 Å². The van der Waals surface area contributed by atoms with Crippen LogP contribution in [-0.2, 0) is 4.74 Å². The Morgan fingerprint density at radius 1 is 1.02 bits per heavy atom. The number of hydrogen-bond donors (Lipinski definition) is 2. The summed E-state index contributed by atoms with van der Waals surface area (Å²) in [7, 11) is 3.51. The Kier molecular flexibility index (Phi) is 7.02. The zero-order valence-corrected chi connectivity index (χ0v) is 24.8. The predicted molar refractivity (Wildman–Crippen MR) is 157 cm³/mol. The number of nitrogens with zero attached hydrogens (tertiary/aromatic N) is 6. The van der Waals surface area contributed by atoms with Gasteiger partial charge in [0.1, 0.15) is 22.8 Å². The van der Waals surface area contributed by atoms with Crippen LogP contribution in [0.3, 0.4) is 0 Å². The molecular formula is C30H38N8O4. The maximum atomic E-state index is 13.1. The average molecular weight is 575 g/mol. The van der Waals surface area contributed by atoms with E-state index in [0.717, 1.165) is 36.7 Å². The maximum Gasteiger partial charge on any atom is 0.407 e. The number of carbonyl (C=O) groups is 3. The number of pyridine rings is 1. The number of ether oxygens (including phenoxy) is 1. The molecule has 1 aliphatic heterocycles. The number of rotatable bonds is 6. The van der Waals surface area contributed by atoms with Gasteiger partial charge in [-0.2, -0.15) is 4.98 Å². The number of piperidine rings is 1. The van der Waals surface area contributed by atoms with Crippen molar-refractivity contribution >= 4 is 40.7 Å². The van der Waals surface area contributed by atoms with E-state index in [1.807, 2.05) is 31.7 Å². The molecule has 0 aromatic carbocycles. The molecule has 3 aromatic rings. The van der Waals surface area contributed by atoms with Crippen LogP contribution < -0.4 is 10.6 Å². The van der Waals surface area contributed by atoms with Gasteiger partial charge in [-0.15, -0.1) is 0 Å². The Bertz CT molecular complexity index is 1510. The summed E-state index contributed by atoms with van der Waals surface area (Å²) in [5.41, 5.74) is 1.31. The van der Waals surface area contributed by atoms with Crippen molar-refractivity contribution in [3.63, 3.8) is 0 Å². The Balaban J connectivity index is 1.10. The summed E-state index contributed by atoms with van der Waals surface area (Å²) in [4.78, 5) is 55.2. The molecule has 3 fully saturated rings. The fourth-order valence-electron chi connectivity index (χ4n) is 6.24. The Morgan fingerprint density at radius 3 is 2.36 bits per heavy atom. The van der Waals surface area contributed by atoms with Crippen LogP contribution in [0.5, 0.6) is 0 Å². The third-order valence-electron chi connectivity index (χ3n) is 8.31. The molecule has 2 saturated carbocycles. The molecule has 0 radical (unpaired) electrons. The fourth-order valence-corrected chi connectivity index (χ4v) is 6.24. The van der Waals surface area contributed by atoms with Crippen molar-refractivity contribution in [3.8, 4) is 0 Å². The zero-order chi connectivity index (χ0) is 29.8. The van der Waals surface area contributed by atoms with Gasteiger partial charge in [0.25, 0.3) is 11.8 Å². The van der Waals surface area contributed by atoms with Gasteiger partial charge in [-0.3, -0.25) is 9.59 Å². The van der Waals surface area contributed by atoms with Crippen molar-refractivity contribution in [2.45, 2.75) is 64.1 Å². The van der Waals surface area contributed by atoms with Crippen LogP contribution in [0, 0.1) is 11.8 Å². The molecule has 42 heavy (non-hydrogen) atoms. The van der Waals surface area contributed by atoms with E-state index in [-0.39, 0.29) is 35.7 Å². The average Bonchev–Trinajstić information content (AvgIpc) is 3.42. The van der Waals surface area contributed by atoms with Gasteiger partial charge < -0.3 is 29.7 Å². The van der Waals surface area contributed by atoms with Gasteiger partial charge in [0.05, 0.1) is 5.56 Å². The van der Waals surface area contributed by atoms with Gasteiger partial charge in [-0.05, 0) is 51.8 Å². The van der Waals surface area contributed by atoms with E-state index in [4.69, 9.17) is 9.72 Å². The molecule has 3 aliphatic rings. The molecule has 3 amide bonds. The maximum absolute atomic E-state index is 13.1. The number of anilines is 2. The quantitative estimate of drug-likeness (QED) is 0.452. The highest BCUT2D eigenvalue weighted by molar-refractivity contribution is 5.98. The normalized spacial score (nSPS) is 21.7. The molecule has 1 saturated heterocycles. The molecule has 0 spiro atoms. The van der Waals surface area contributed by atoms with Crippen molar-refractivity contribution in [2.24, 2.45) is 11.8 Å². The van der Waals surface area contributed by atoms with Gasteiger partial charge in [-0.25, -0.2) is 14.8 Å². The van der Waals surface area contributed by atoms with Crippen LogP contribution in [0.25, 0.3) is 11.0 Å². The van der Waals surface area contributed by atoms with E-state index in [1.165, 1.54) is 0 Å². The van der Waals surface area contributed by atoms with E-state index in [1.54, 1.807) is 43.5 Å². The standard InChI is InChI=1S/C30H38N8O4/c1-30(2,3)42-29(41)34-24-20-15-37(16-21(20)24)26(39)17-10-11-23(31-13-17)33-28-32-14-18-12-22(27(40)36(4)5)38(25(18)35-28)19-8-6-7-9-19/h10-14,19-21,24H,6-9,15-16H2,1-5H3,(H,34,41)(H,31,32,33,35)/t20-,21+,24?. The topological polar surface area (TPSA) is 135 Å². The summed E-state index contributed by atoms with van der Waals surface area (Å²) < 4.78 is 7.42. The van der Waals surface area contributed by atoms with Crippen LogP contribution in [0.1, 0.15) is 73.3 Å². The number of alkyl carbamates (subject to hydrolysis) is 1. The molecule has 2 aliphatic carbocycles. The van der Waals surface area contributed by atoms with Crippen LogP contribution in [0.4, 0.5) is 16.6 Å². The number of nitrogens with one attached hydrogen (secondary N) is 2. The van der Waals surface area contributed by atoms with Crippen LogP contribution in [0.2, 0.25) is 0 Å². The number of aromatic nitrogens is 4. The third kappa shape index (κ3) is 5.49. The zero-order valence-electron chi connectivity index (χ0n) is 24.8. The molecular weight excluding hydrogens is 536 g/mol. The second-order valence-corrected chi connectivity index (χ2v) is 12.8. The van der Waals surface area contributed by atoms with Gasteiger partial charge in [-0.1, -0.05) is 12.8 Å². The lowest BCUT2D eigenvalue weighted by molar-refractivity contribution is 0.0513. The highest BCUT2D eigenvalue weighted by Gasteiger charge is 2.57. The van der Waals surface area contributed by atoms with E-state index >= 15 is 0 Å².